The van der Waals surface area contributed by atoms with Crippen molar-refractivity contribution in [2.24, 2.45) is 0 Å². The van der Waals surface area contributed by atoms with Gasteiger partial charge in [0.15, 0.2) is 0 Å². The number of fused-ring (bicyclic) bond motifs is 3. The highest BCUT2D eigenvalue weighted by Gasteiger charge is 2.46. The number of para-hydroxylation sites is 2. The molecule has 1 fully saturated rings. The van der Waals surface area contributed by atoms with Crippen LogP contribution in [-0.2, 0) is 11.0 Å². The summed E-state index contributed by atoms with van der Waals surface area (Å²) in [5.74, 6) is -1.50. The molecule has 2 aliphatic rings. The molecule has 0 unspecified atom stereocenters. The zero-order chi connectivity index (χ0) is 19.5. The third-order valence-electron chi connectivity index (χ3n) is 4.38. The Balaban J connectivity index is 1.80. The molecular weight excluding hydrogens is 365 g/mol. The Morgan fingerprint density at radius 2 is 1.56 bits per heavy atom. The number of alkyl halides is 3. The normalized spacial score (nSPS) is 17.5. The van der Waals surface area contributed by atoms with Crippen LogP contribution in [0.5, 0.6) is 0 Å². The van der Waals surface area contributed by atoms with Crippen molar-refractivity contribution in [2.45, 2.75) is 6.18 Å². The minimum atomic E-state index is -4.53. The second-order valence-corrected chi connectivity index (χ2v) is 5.94. The SMILES string of the molecule is CN1C([O-])=C2C(=O)N(c3ccc(C(F)(F)F)cc3)N(O)N2c2ccccc21. The maximum absolute atomic E-state index is 12.8. The minimum Gasteiger partial charge on any atom is -0.858 e. The molecule has 27 heavy (non-hydrogen) atoms. The Labute approximate surface area is 151 Å². The van der Waals surface area contributed by atoms with Crippen LogP contribution in [0.15, 0.2) is 60.1 Å². The van der Waals surface area contributed by atoms with Crippen molar-refractivity contribution in [2.75, 3.05) is 22.0 Å². The standard InChI is InChI=1S/C17H13F3N4O3/c1-21-12-4-2-3-5-13(12)23-14(15(21)25)16(26)22(24(23)27)11-8-6-10(7-9-11)17(18,19)20/h2-9,25,27H,1H3/p-1. The van der Waals surface area contributed by atoms with E-state index in [1.165, 1.54) is 11.9 Å². The third-order valence-corrected chi connectivity index (χ3v) is 4.38. The number of halogens is 3. The van der Waals surface area contributed by atoms with E-state index >= 15 is 0 Å². The van der Waals surface area contributed by atoms with E-state index in [0.29, 0.717) is 16.7 Å². The highest BCUT2D eigenvalue weighted by molar-refractivity contribution is 6.12. The van der Waals surface area contributed by atoms with Gasteiger partial charge in [0.25, 0.3) is 5.91 Å². The summed E-state index contributed by atoms with van der Waals surface area (Å²) in [5, 5.41) is 25.3. The summed E-state index contributed by atoms with van der Waals surface area (Å²) in [6, 6.07) is 10.3. The first kappa shape index (κ1) is 17.2. The molecule has 0 aromatic heterocycles. The zero-order valence-corrected chi connectivity index (χ0v) is 13.8. The van der Waals surface area contributed by atoms with Crippen LogP contribution in [0.4, 0.5) is 30.2 Å². The fourth-order valence-corrected chi connectivity index (χ4v) is 3.06. The number of hydrogen-bond acceptors (Lipinski definition) is 6. The van der Waals surface area contributed by atoms with Crippen LogP contribution in [0.1, 0.15) is 5.56 Å². The monoisotopic (exact) mass is 377 g/mol. The summed E-state index contributed by atoms with van der Waals surface area (Å²) < 4.78 is 38.2. The predicted molar refractivity (Wildman–Crippen MR) is 86.9 cm³/mol. The summed E-state index contributed by atoms with van der Waals surface area (Å²) in [6.45, 7) is 0. The summed E-state index contributed by atoms with van der Waals surface area (Å²) >= 11 is 0. The lowest BCUT2D eigenvalue weighted by Gasteiger charge is -2.39. The zero-order valence-electron chi connectivity index (χ0n) is 13.8. The number of carbonyl (C=O) groups excluding carboxylic acids is 1. The van der Waals surface area contributed by atoms with Crippen LogP contribution in [0.2, 0.25) is 0 Å². The fourth-order valence-electron chi connectivity index (χ4n) is 3.06. The van der Waals surface area contributed by atoms with Gasteiger partial charge in [-0.3, -0.25) is 10.0 Å². The topological polar surface area (TPSA) is 73.3 Å². The highest BCUT2D eigenvalue weighted by atomic mass is 19.4. The Hall–Kier alpha value is -3.24. The number of amides is 1. The van der Waals surface area contributed by atoms with Gasteiger partial charge >= 0.3 is 6.18 Å². The Morgan fingerprint density at radius 3 is 2.15 bits per heavy atom. The molecule has 0 bridgehead atoms. The second-order valence-electron chi connectivity index (χ2n) is 5.94. The summed E-state index contributed by atoms with van der Waals surface area (Å²) in [6.07, 6.45) is -4.53. The maximum atomic E-state index is 12.8. The van der Waals surface area contributed by atoms with Crippen LogP contribution in [0, 0.1) is 0 Å². The van der Waals surface area contributed by atoms with E-state index in [1.54, 1.807) is 24.3 Å². The lowest BCUT2D eigenvalue weighted by Crippen LogP contribution is -2.45. The van der Waals surface area contributed by atoms with Gasteiger partial charge in [-0.25, -0.2) is 5.01 Å². The average molecular weight is 377 g/mol. The van der Waals surface area contributed by atoms with E-state index in [1.807, 2.05) is 0 Å². The third kappa shape index (κ3) is 2.41. The van der Waals surface area contributed by atoms with Crippen molar-refractivity contribution in [1.82, 2.24) is 5.28 Å². The highest BCUT2D eigenvalue weighted by Crippen LogP contribution is 2.43. The molecule has 2 aromatic rings. The number of carbonyl (C=O) groups is 1. The molecule has 0 aliphatic carbocycles. The first-order valence-corrected chi connectivity index (χ1v) is 7.76. The Kier molecular flexibility index (Phi) is 3.58. The first-order valence-electron chi connectivity index (χ1n) is 7.76. The van der Waals surface area contributed by atoms with Gasteiger partial charge in [-0.2, -0.15) is 18.2 Å². The van der Waals surface area contributed by atoms with Gasteiger partial charge < -0.3 is 10.0 Å². The van der Waals surface area contributed by atoms with Crippen molar-refractivity contribution >= 4 is 23.0 Å². The van der Waals surface area contributed by atoms with Crippen LogP contribution >= 0.6 is 0 Å². The van der Waals surface area contributed by atoms with Crippen LogP contribution < -0.4 is 20.0 Å². The first-order chi connectivity index (χ1) is 12.7. The van der Waals surface area contributed by atoms with Crippen molar-refractivity contribution in [3.63, 3.8) is 0 Å². The fraction of sp³-hybridized carbons (Fsp3) is 0.118. The molecule has 140 valence electrons. The van der Waals surface area contributed by atoms with Crippen LogP contribution in [-0.4, -0.2) is 23.4 Å². The second kappa shape index (κ2) is 5.63. The van der Waals surface area contributed by atoms with Crippen molar-refractivity contribution in [3.05, 3.63) is 65.7 Å². The molecule has 10 heteroatoms. The number of hydrazine groups is 2. The lowest BCUT2D eigenvalue weighted by atomic mass is 10.1. The number of nitrogens with zero attached hydrogens (tertiary/aromatic N) is 4. The Bertz CT molecular complexity index is 959. The molecule has 2 heterocycles. The quantitative estimate of drug-likeness (QED) is 0.820. The van der Waals surface area contributed by atoms with Crippen LogP contribution in [0.3, 0.4) is 0 Å². The van der Waals surface area contributed by atoms with Crippen molar-refractivity contribution in [3.8, 4) is 0 Å². The molecule has 2 aliphatic heterocycles. The van der Waals surface area contributed by atoms with E-state index in [4.69, 9.17) is 0 Å². The molecule has 4 rings (SSSR count). The summed E-state index contributed by atoms with van der Waals surface area (Å²) in [4.78, 5) is 14.0. The molecule has 1 amide bonds. The van der Waals surface area contributed by atoms with Gasteiger partial charge in [-0.05, 0) is 42.3 Å². The number of rotatable bonds is 1. The summed E-state index contributed by atoms with van der Waals surface area (Å²) in [7, 11) is 1.49. The molecule has 0 spiro atoms. The van der Waals surface area contributed by atoms with E-state index in [2.05, 4.69) is 0 Å². The van der Waals surface area contributed by atoms with Gasteiger partial charge in [0.1, 0.15) is 5.70 Å². The predicted octanol–water partition coefficient (Wildman–Crippen LogP) is 2.06. The molecule has 1 N–H and O–H groups in total. The van der Waals surface area contributed by atoms with Gasteiger partial charge in [0, 0.05) is 12.3 Å². The van der Waals surface area contributed by atoms with E-state index < -0.39 is 23.5 Å². The molecule has 1 saturated heterocycles. The van der Waals surface area contributed by atoms with Crippen molar-refractivity contribution in [1.29, 1.82) is 0 Å². The Morgan fingerprint density at radius 1 is 0.963 bits per heavy atom. The van der Waals surface area contributed by atoms with Gasteiger partial charge in [0.05, 0.1) is 22.6 Å². The van der Waals surface area contributed by atoms with Crippen molar-refractivity contribution < 1.29 is 28.3 Å². The van der Waals surface area contributed by atoms with Gasteiger partial charge in [-0.1, -0.05) is 12.1 Å². The molecule has 0 saturated carbocycles. The largest absolute Gasteiger partial charge is 0.858 e. The molecular formula is C17H12F3N4O3-. The number of benzene rings is 2. The lowest BCUT2D eigenvalue weighted by molar-refractivity contribution is -0.307. The molecule has 0 radical (unpaired) electrons. The van der Waals surface area contributed by atoms with E-state index in [0.717, 1.165) is 34.3 Å². The summed E-state index contributed by atoms with van der Waals surface area (Å²) in [5.41, 5.74) is -0.412. The van der Waals surface area contributed by atoms with E-state index in [9.17, 15) is 28.3 Å². The number of hydrogen-bond donors (Lipinski definition) is 1. The molecule has 7 nitrogen and oxygen atoms in total. The average Bonchev–Trinajstić information content (AvgIpc) is 2.90. The smallest absolute Gasteiger partial charge is 0.416 e. The number of anilines is 3. The van der Waals surface area contributed by atoms with Crippen LogP contribution in [0.25, 0.3) is 0 Å². The molecule has 0 atom stereocenters. The minimum absolute atomic E-state index is 0.0228. The van der Waals surface area contributed by atoms with Gasteiger partial charge in [-0.15, -0.1) is 0 Å². The van der Waals surface area contributed by atoms with E-state index in [-0.39, 0.29) is 11.4 Å². The maximum Gasteiger partial charge on any atom is 0.416 e. The van der Waals surface area contributed by atoms with Gasteiger partial charge in [0.2, 0.25) is 0 Å². The molecule has 2 aromatic carbocycles.